The molecule has 1 atom stereocenters. The summed E-state index contributed by atoms with van der Waals surface area (Å²) in [7, 11) is 0. The minimum atomic E-state index is -0.322. The van der Waals surface area contributed by atoms with Gasteiger partial charge < -0.3 is 9.84 Å². The van der Waals surface area contributed by atoms with Crippen LogP contribution in [0.3, 0.4) is 0 Å². The lowest BCUT2D eigenvalue weighted by molar-refractivity contribution is 0.0435. The maximum absolute atomic E-state index is 10.2. The van der Waals surface area contributed by atoms with Gasteiger partial charge in [-0.2, -0.15) is 0 Å². The second-order valence-corrected chi connectivity index (χ2v) is 5.15. The normalized spacial score (nSPS) is 19.2. The van der Waals surface area contributed by atoms with Crippen LogP contribution in [0, 0.1) is 19.8 Å². The summed E-state index contributed by atoms with van der Waals surface area (Å²) >= 11 is 0. The highest BCUT2D eigenvalue weighted by Crippen LogP contribution is 2.28. The summed E-state index contributed by atoms with van der Waals surface area (Å²) in [5, 5.41) is 10.2. The molecule has 1 fully saturated rings. The van der Waals surface area contributed by atoms with Crippen LogP contribution < -0.4 is 0 Å². The number of hydrogen-bond donors (Lipinski definition) is 1. The van der Waals surface area contributed by atoms with E-state index in [-0.39, 0.29) is 6.10 Å². The van der Waals surface area contributed by atoms with Crippen molar-refractivity contribution in [3.63, 3.8) is 0 Å². The van der Waals surface area contributed by atoms with Gasteiger partial charge in [0, 0.05) is 13.2 Å². The lowest BCUT2D eigenvalue weighted by Gasteiger charge is -2.24. The molecule has 2 nitrogen and oxygen atoms in total. The fourth-order valence-electron chi connectivity index (χ4n) is 2.41. The molecule has 94 valence electrons. The molecule has 1 aromatic carbocycles. The maximum Gasteiger partial charge on any atom is 0.0792 e. The first-order valence-electron chi connectivity index (χ1n) is 6.50. The molecular formula is C15H22O2. The molecule has 0 spiro atoms. The van der Waals surface area contributed by atoms with E-state index in [1.807, 2.05) is 6.07 Å². The van der Waals surface area contributed by atoms with E-state index in [9.17, 15) is 5.11 Å². The highest BCUT2D eigenvalue weighted by Gasteiger charge is 2.19. The van der Waals surface area contributed by atoms with Crippen molar-refractivity contribution < 1.29 is 9.84 Å². The molecule has 1 saturated heterocycles. The summed E-state index contributed by atoms with van der Waals surface area (Å²) < 4.78 is 5.34. The van der Waals surface area contributed by atoms with Gasteiger partial charge in [-0.15, -0.1) is 0 Å². The molecule has 0 aliphatic carbocycles. The van der Waals surface area contributed by atoms with Gasteiger partial charge in [-0.25, -0.2) is 0 Å². The molecule has 0 aromatic heterocycles. The number of rotatable bonds is 3. The predicted molar refractivity (Wildman–Crippen MR) is 69.0 cm³/mol. The minimum absolute atomic E-state index is 0.322. The molecule has 0 amide bonds. The van der Waals surface area contributed by atoms with Gasteiger partial charge in [-0.3, -0.25) is 0 Å². The van der Waals surface area contributed by atoms with E-state index >= 15 is 0 Å². The third-order valence-electron chi connectivity index (χ3n) is 3.81. The Kier molecular flexibility index (Phi) is 4.19. The molecule has 2 heteroatoms. The van der Waals surface area contributed by atoms with Gasteiger partial charge in [-0.05, 0) is 55.7 Å². The Morgan fingerprint density at radius 1 is 1.24 bits per heavy atom. The molecule has 1 N–H and O–H groups in total. The van der Waals surface area contributed by atoms with Crippen LogP contribution in [0.5, 0.6) is 0 Å². The van der Waals surface area contributed by atoms with Crippen molar-refractivity contribution in [2.75, 3.05) is 13.2 Å². The van der Waals surface area contributed by atoms with E-state index in [1.54, 1.807) is 0 Å². The van der Waals surface area contributed by atoms with Crippen LogP contribution in [0.15, 0.2) is 18.2 Å². The van der Waals surface area contributed by atoms with Gasteiger partial charge in [-0.1, -0.05) is 18.2 Å². The topological polar surface area (TPSA) is 29.5 Å². The van der Waals surface area contributed by atoms with Crippen LogP contribution in [0.25, 0.3) is 0 Å². The molecule has 17 heavy (non-hydrogen) atoms. The summed E-state index contributed by atoms with van der Waals surface area (Å²) in [4.78, 5) is 0. The molecule has 2 rings (SSSR count). The molecule has 1 heterocycles. The van der Waals surface area contributed by atoms with Crippen molar-refractivity contribution in [2.24, 2.45) is 5.92 Å². The number of benzene rings is 1. The Labute approximate surface area is 104 Å². The van der Waals surface area contributed by atoms with E-state index in [0.717, 1.165) is 38.0 Å². The number of hydrogen-bond acceptors (Lipinski definition) is 2. The van der Waals surface area contributed by atoms with Gasteiger partial charge in [0.15, 0.2) is 0 Å². The van der Waals surface area contributed by atoms with Gasteiger partial charge in [0.25, 0.3) is 0 Å². The molecule has 0 bridgehead atoms. The lowest BCUT2D eigenvalue weighted by atomic mass is 9.90. The van der Waals surface area contributed by atoms with Crippen LogP contribution in [0.4, 0.5) is 0 Å². The van der Waals surface area contributed by atoms with Crippen LogP contribution in [0.1, 0.15) is 42.1 Å². The number of aryl methyl sites for hydroxylation is 2. The van der Waals surface area contributed by atoms with Crippen LogP contribution in [0.2, 0.25) is 0 Å². The Hall–Kier alpha value is -0.860. The SMILES string of the molecule is Cc1ccc(C(O)CC2CCOCC2)cc1C. The molecule has 1 unspecified atom stereocenters. The highest BCUT2D eigenvalue weighted by atomic mass is 16.5. The third kappa shape index (κ3) is 3.30. The second kappa shape index (κ2) is 5.65. The molecule has 1 aromatic rings. The van der Waals surface area contributed by atoms with Crippen molar-refractivity contribution in [2.45, 2.75) is 39.2 Å². The largest absolute Gasteiger partial charge is 0.388 e. The van der Waals surface area contributed by atoms with Crippen molar-refractivity contribution in [3.05, 3.63) is 34.9 Å². The Bertz CT molecular complexity index is 367. The van der Waals surface area contributed by atoms with Crippen molar-refractivity contribution in [3.8, 4) is 0 Å². The van der Waals surface area contributed by atoms with Gasteiger partial charge >= 0.3 is 0 Å². The van der Waals surface area contributed by atoms with Gasteiger partial charge in [0.1, 0.15) is 0 Å². The smallest absolute Gasteiger partial charge is 0.0792 e. The van der Waals surface area contributed by atoms with Gasteiger partial charge in [0.2, 0.25) is 0 Å². The first-order valence-corrected chi connectivity index (χ1v) is 6.50. The summed E-state index contributed by atoms with van der Waals surface area (Å²) in [5.74, 6) is 0.611. The molecule has 1 aliphatic rings. The van der Waals surface area contributed by atoms with Crippen LogP contribution in [-0.2, 0) is 4.74 Å². The summed E-state index contributed by atoms with van der Waals surface area (Å²) in [6, 6.07) is 6.25. The Balaban J connectivity index is 1.98. The standard InChI is InChI=1S/C15H22O2/c1-11-3-4-14(9-12(11)2)15(16)10-13-5-7-17-8-6-13/h3-4,9,13,15-16H,5-8,10H2,1-2H3. The third-order valence-corrected chi connectivity index (χ3v) is 3.81. The zero-order valence-electron chi connectivity index (χ0n) is 10.8. The maximum atomic E-state index is 10.2. The second-order valence-electron chi connectivity index (χ2n) is 5.15. The first kappa shape index (κ1) is 12.6. The first-order chi connectivity index (χ1) is 8.16. The Morgan fingerprint density at radius 2 is 1.94 bits per heavy atom. The monoisotopic (exact) mass is 234 g/mol. The zero-order chi connectivity index (χ0) is 12.3. The molecule has 0 saturated carbocycles. The Morgan fingerprint density at radius 3 is 2.59 bits per heavy atom. The van der Waals surface area contributed by atoms with E-state index in [0.29, 0.717) is 5.92 Å². The highest BCUT2D eigenvalue weighted by molar-refractivity contribution is 5.31. The lowest BCUT2D eigenvalue weighted by Crippen LogP contribution is -2.18. The van der Waals surface area contributed by atoms with Crippen molar-refractivity contribution in [1.82, 2.24) is 0 Å². The van der Waals surface area contributed by atoms with E-state index in [1.165, 1.54) is 11.1 Å². The summed E-state index contributed by atoms with van der Waals surface area (Å²) in [5.41, 5.74) is 3.60. The average molecular weight is 234 g/mol. The van der Waals surface area contributed by atoms with Gasteiger partial charge in [0.05, 0.1) is 6.10 Å². The fraction of sp³-hybridized carbons (Fsp3) is 0.600. The van der Waals surface area contributed by atoms with Crippen molar-refractivity contribution in [1.29, 1.82) is 0 Å². The van der Waals surface area contributed by atoms with Crippen LogP contribution >= 0.6 is 0 Å². The minimum Gasteiger partial charge on any atom is -0.388 e. The summed E-state index contributed by atoms with van der Waals surface area (Å²) in [6.45, 7) is 5.90. The van der Waals surface area contributed by atoms with Crippen LogP contribution in [-0.4, -0.2) is 18.3 Å². The van der Waals surface area contributed by atoms with E-state index in [4.69, 9.17) is 4.74 Å². The number of aliphatic hydroxyl groups is 1. The number of aliphatic hydroxyl groups excluding tert-OH is 1. The quantitative estimate of drug-likeness (QED) is 0.870. The average Bonchev–Trinajstić information content (AvgIpc) is 2.34. The zero-order valence-corrected chi connectivity index (χ0v) is 10.8. The molecule has 0 radical (unpaired) electrons. The van der Waals surface area contributed by atoms with E-state index in [2.05, 4.69) is 26.0 Å². The predicted octanol–water partition coefficient (Wildman–Crippen LogP) is 3.15. The molecule has 1 aliphatic heterocycles. The summed E-state index contributed by atoms with van der Waals surface area (Å²) in [6.07, 6.45) is 2.72. The number of ether oxygens (including phenoxy) is 1. The van der Waals surface area contributed by atoms with E-state index < -0.39 is 0 Å². The van der Waals surface area contributed by atoms with Crippen molar-refractivity contribution >= 4 is 0 Å². The fourth-order valence-corrected chi connectivity index (χ4v) is 2.41. The molecular weight excluding hydrogens is 212 g/mol.